The van der Waals surface area contributed by atoms with Crippen LogP contribution in [0.4, 0.5) is 0 Å². The molecule has 0 unspecified atom stereocenters. The quantitative estimate of drug-likeness (QED) is 0.390. The molecule has 0 aliphatic rings. The predicted octanol–water partition coefficient (Wildman–Crippen LogP) is -1.20. The molecule has 0 bridgehead atoms. The fourth-order valence-electron chi connectivity index (χ4n) is 1.52. The van der Waals surface area contributed by atoms with Crippen molar-refractivity contribution >= 4 is 7.26 Å². The van der Waals surface area contributed by atoms with Gasteiger partial charge in [0.1, 0.15) is 0 Å². The number of rotatable bonds is 8. The number of aliphatic hydroxyl groups excluding tert-OH is 4. The van der Waals surface area contributed by atoms with Crippen LogP contribution in [0, 0.1) is 0 Å². The molecule has 0 saturated heterocycles. The maximum Gasteiger partial charge on any atom is 0.0827 e. The molecule has 0 saturated carbocycles. The maximum atomic E-state index is 8.86. The molecule has 0 aliphatic carbocycles. The molecule has 0 aromatic carbocycles. The summed E-state index contributed by atoms with van der Waals surface area (Å²) in [4.78, 5) is 0. The second-order valence-corrected chi connectivity index (χ2v) is 7.60. The second-order valence-electron chi connectivity index (χ2n) is 3.13. The summed E-state index contributed by atoms with van der Waals surface area (Å²) >= 11 is 0. The largest absolute Gasteiger partial charge is 0.870 e. The highest BCUT2D eigenvalue weighted by Crippen LogP contribution is 2.57. The highest BCUT2D eigenvalue weighted by atomic mass is 31.2. The third-order valence-corrected chi connectivity index (χ3v) is 6.89. The summed E-state index contributed by atoms with van der Waals surface area (Å²) in [5.74, 6) is 0. The zero-order valence-electron chi connectivity index (χ0n) is 8.34. The van der Waals surface area contributed by atoms with Gasteiger partial charge in [0, 0.05) is 7.26 Å². The van der Waals surface area contributed by atoms with E-state index in [0.717, 1.165) is 0 Å². The van der Waals surface area contributed by atoms with Gasteiger partial charge in [0.05, 0.1) is 51.1 Å². The highest BCUT2D eigenvalue weighted by Gasteiger charge is 2.34. The molecule has 0 rings (SSSR count). The average molecular weight is 228 g/mol. The smallest absolute Gasteiger partial charge is 0.0827 e. The molecule has 6 heteroatoms. The van der Waals surface area contributed by atoms with E-state index in [0.29, 0.717) is 24.6 Å². The molecule has 0 aliphatic heterocycles. The first-order chi connectivity index (χ1) is 6.24. The average Bonchev–Trinajstić information content (AvgIpc) is 2.06. The summed E-state index contributed by atoms with van der Waals surface area (Å²) in [5, 5.41) is 35.5. The Morgan fingerprint density at radius 2 is 0.786 bits per heavy atom. The molecule has 5 nitrogen and oxygen atoms in total. The van der Waals surface area contributed by atoms with Crippen LogP contribution in [0.1, 0.15) is 0 Å². The molecule has 0 atom stereocenters. The van der Waals surface area contributed by atoms with Crippen LogP contribution in [0.3, 0.4) is 0 Å². The maximum absolute atomic E-state index is 8.86. The summed E-state index contributed by atoms with van der Waals surface area (Å²) in [7, 11) is -1.50. The zero-order chi connectivity index (χ0) is 10.2. The van der Waals surface area contributed by atoms with E-state index in [9.17, 15) is 0 Å². The Bertz CT molecular complexity index is 92.8. The summed E-state index contributed by atoms with van der Waals surface area (Å²) in [5.41, 5.74) is 0. The van der Waals surface area contributed by atoms with E-state index in [1.807, 2.05) is 0 Å². The summed E-state index contributed by atoms with van der Waals surface area (Å²) in [6.07, 6.45) is 2.53. The van der Waals surface area contributed by atoms with Crippen molar-refractivity contribution in [3.05, 3.63) is 0 Å². The van der Waals surface area contributed by atoms with Crippen LogP contribution >= 0.6 is 7.26 Å². The van der Waals surface area contributed by atoms with Crippen LogP contribution in [-0.4, -0.2) is 77.0 Å². The van der Waals surface area contributed by atoms with Gasteiger partial charge in [-0.2, -0.15) is 0 Å². The molecule has 0 aromatic heterocycles. The predicted molar refractivity (Wildman–Crippen MR) is 56.7 cm³/mol. The standard InChI is InChI=1S/C8H20O4P.H2O/c9-1-5-13(6-2-10,7-3-11)8-4-12;/h9-12H,1-8H2;1H2/q+1;/p-1. The Hall–Kier alpha value is 0.230. The lowest BCUT2D eigenvalue weighted by atomic mass is 10.8. The molecule has 14 heavy (non-hydrogen) atoms. The molecular formula is C8H21O5P. The van der Waals surface area contributed by atoms with E-state index in [4.69, 9.17) is 20.4 Å². The minimum absolute atomic E-state index is 0. The minimum atomic E-state index is -1.50. The lowest BCUT2D eigenvalue weighted by Gasteiger charge is -2.24. The Kier molecular flexibility index (Phi) is 11.6. The highest BCUT2D eigenvalue weighted by molar-refractivity contribution is 7.76. The topological polar surface area (TPSA) is 111 Å². The SMILES string of the molecule is OCC[P+](CCO)(CCO)CCO.[OH-]. The van der Waals surface area contributed by atoms with Crippen LogP contribution in [0.2, 0.25) is 0 Å². The van der Waals surface area contributed by atoms with E-state index < -0.39 is 7.26 Å². The van der Waals surface area contributed by atoms with Crippen molar-refractivity contribution in [1.29, 1.82) is 0 Å². The van der Waals surface area contributed by atoms with Crippen molar-refractivity contribution in [3.8, 4) is 0 Å². The van der Waals surface area contributed by atoms with Gasteiger partial charge in [0.25, 0.3) is 0 Å². The third kappa shape index (κ3) is 5.86. The molecule has 0 radical (unpaired) electrons. The third-order valence-electron chi connectivity index (χ3n) is 2.30. The van der Waals surface area contributed by atoms with Gasteiger partial charge in [-0.15, -0.1) is 0 Å². The van der Waals surface area contributed by atoms with E-state index in [1.54, 1.807) is 0 Å². The molecule has 0 heterocycles. The summed E-state index contributed by atoms with van der Waals surface area (Å²) < 4.78 is 0. The lowest BCUT2D eigenvalue weighted by molar-refractivity contribution is 0.302. The van der Waals surface area contributed by atoms with Crippen LogP contribution < -0.4 is 0 Å². The molecule has 88 valence electrons. The van der Waals surface area contributed by atoms with E-state index >= 15 is 0 Å². The summed E-state index contributed by atoms with van der Waals surface area (Å²) in [6.45, 7) is 0.309. The molecular weight excluding hydrogens is 207 g/mol. The van der Waals surface area contributed by atoms with Crippen molar-refractivity contribution in [3.63, 3.8) is 0 Å². The van der Waals surface area contributed by atoms with Crippen molar-refractivity contribution in [1.82, 2.24) is 0 Å². The number of aliphatic hydroxyl groups is 4. The Balaban J connectivity index is 0. The number of hydrogen-bond acceptors (Lipinski definition) is 5. The van der Waals surface area contributed by atoms with Crippen molar-refractivity contribution < 1.29 is 25.9 Å². The Labute approximate surface area is 85.0 Å². The van der Waals surface area contributed by atoms with Gasteiger partial charge in [-0.25, -0.2) is 0 Å². The van der Waals surface area contributed by atoms with Crippen LogP contribution in [0.15, 0.2) is 0 Å². The lowest BCUT2D eigenvalue weighted by Crippen LogP contribution is -2.19. The van der Waals surface area contributed by atoms with Crippen LogP contribution in [0.5, 0.6) is 0 Å². The first-order valence-electron chi connectivity index (χ1n) is 4.53. The molecule has 0 aromatic rings. The molecule has 0 amide bonds. The van der Waals surface area contributed by atoms with Gasteiger partial charge in [-0.3, -0.25) is 0 Å². The summed E-state index contributed by atoms with van der Waals surface area (Å²) in [6, 6.07) is 0. The molecule has 0 spiro atoms. The Morgan fingerprint density at radius 1 is 0.571 bits per heavy atom. The second kappa shape index (κ2) is 9.77. The van der Waals surface area contributed by atoms with Gasteiger partial charge in [-0.05, 0) is 0 Å². The first kappa shape index (κ1) is 16.7. The van der Waals surface area contributed by atoms with Gasteiger partial charge >= 0.3 is 0 Å². The van der Waals surface area contributed by atoms with E-state index in [2.05, 4.69) is 0 Å². The van der Waals surface area contributed by atoms with Crippen LogP contribution in [-0.2, 0) is 0 Å². The van der Waals surface area contributed by atoms with Crippen molar-refractivity contribution in [2.24, 2.45) is 0 Å². The van der Waals surface area contributed by atoms with Crippen molar-refractivity contribution in [2.75, 3.05) is 51.1 Å². The van der Waals surface area contributed by atoms with Crippen molar-refractivity contribution in [2.45, 2.75) is 0 Å². The van der Waals surface area contributed by atoms with Crippen LogP contribution in [0.25, 0.3) is 0 Å². The monoisotopic (exact) mass is 228 g/mol. The van der Waals surface area contributed by atoms with Gasteiger partial charge in [0.15, 0.2) is 0 Å². The fraction of sp³-hybridized carbons (Fsp3) is 1.00. The first-order valence-corrected chi connectivity index (χ1v) is 7.06. The van der Waals surface area contributed by atoms with Gasteiger partial charge in [-0.1, -0.05) is 0 Å². The van der Waals surface area contributed by atoms with Gasteiger partial charge in [0.2, 0.25) is 0 Å². The zero-order valence-corrected chi connectivity index (χ0v) is 9.23. The fourth-order valence-corrected chi connectivity index (χ4v) is 4.56. The Morgan fingerprint density at radius 3 is 0.929 bits per heavy atom. The molecule has 0 fully saturated rings. The molecule has 5 N–H and O–H groups in total. The van der Waals surface area contributed by atoms with Gasteiger partial charge < -0.3 is 25.9 Å². The van der Waals surface area contributed by atoms with E-state index in [1.165, 1.54) is 0 Å². The van der Waals surface area contributed by atoms with E-state index in [-0.39, 0.29) is 31.9 Å². The normalized spacial score (nSPS) is 11.1. The number of hydrogen-bond donors (Lipinski definition) is 4. The minimum Gasteiger partial charge on any atom is -0.870 e.